The number of hydrogen-bond acceptors (Lipinski definition) is 6. The molecule has 0 unspecified atom stereocenters. The second-order valence-electron chi connectivity index (χ2n) is 6.04. The highest BCUT2D eigenvalue weighted by Crippen LogP contribution is 2.40. The molecule has 3 heterocycles. The second kappa shape index (κ2) is 4.96. The van der Waals surface area contributed by atoms with Gasteiger partial charge in [0, 0.05) is 25.4 Å². The molecule has 0 radical (unpaired) electrons. The quantitative estimate of drug-likeness (QED) is 0.840. The summed E-state index contributed by atoms with van der Waals surface area (Å²) in [5, 5.41) is 9.59. The van der Waals surface area contributed by atoms with Crippen molar-refractivity contribution in [3.05, 3.63) is 23.4 Å². The van der Waals surface area contributed by atoms with Gasteiger partial charge in [-0.2, -0.15) is 0 Å². The van der Waals surface area contributed by atoms with E-state index >= 15 is 0 Å². The molecule has 0 amide bonds. The zero-order valence-electron chi connectivity index (χ0n) is 12.5. The summed E-state index contributed by atoms with van der Waals surface area (Å²) in [4.78, 5) is 18.5. The van der Waals surface area contributed by atoms with E-state index in [0.717, 1.165) is 12.0 Å². The molecule has 2 aliphatic rings. The first-order valence-electron chi connectivity index (χ1n) is 7.11. The molecule has 6 nitrogen and oxygen atoms in total. The molecule has 1 saturated heterocycles. The van der Waals surface area contributed by atoms with Crippen LogP contribution in [-0.2, 0) is 15.1 Å². The fourth-order valence-electron chi connectivity index (χ4n) is 3.19. The van der Waals surface area contributed by atoms with Gasteiger partial charge in [0.05, 0.1) is 18.8 Å². The van der Waals surface area contributed by atoms with Gasteiger partial charge >= 0.3 is 5.97 Å². The number of methoxy groups -OCH3 is 1. The standard InChI is InChI=1S/C15H20N2O4/c1-15(2)11-4-5-16-13(12(11)14(19)21-15)17-7-10(20-3)6-9(17)8-18/h4-5,9-10,18H,6-8H2,1-3H3/t9-,10-/m0/s1. The van der Waals surface area contributed by atoms with Gasteiger partial charge < -0.3 is 19.5 Å². The van der Waals surface area contributed by atoms with Crippen molar-refractivity contribution in [3.8, 4) is 0 Å². The number of fused-ring (bicyclic) bond motifs is 1. The number of pyridine rings is 1. The number of carbonyl (C=O) groups is 1. The number of aliphatic hydroxyl groups excluding tert-OH is 1. The molecule has 1 aromatic heterocycles. The van der Waals surface area contributed by atoms with Crippen LogP contribution >= 0.6 is 0 Å². The van der Waals surface area contributed by atoms with Crippen LogP contribution in [0.3, 0.4) is 0 Å². The van der Waals surface area contributed by atoms with E-state index in [9.17, 15) is 9.90 Å². The largest absolute Gasteiger partial charge is 0.451 e. The maximum Gasteiger partial charge on any atom is 0.343 e. The molecular formula is C15H20N2O4. The molecular weight excluding hydrogens is 272 g/mol. The molecule has 21 heavy (non-hydrogen) atoms. The molecule has 0 bridgehead atoms. The topological polar surface area (TPSA) is 71.9 Å². The minimum Gasteiger partial charge on any atom is -0.451 e. The van der Waals surface area contributed by atoms with Gasteiger partial charge in [-0.05, 0) is 26.3 Å². The number of anilines is 1. The van der Waals surface area contributed by atoms with Crippen LogP contribution in [0.25, 0.3) is 0 Å². The van der Waals surface area contributed by atoms with Crippen molar-refractivity contribution in [2.24, 2.45) is 0 Å². The molecule has 114 valence electrons. The molecule has 2 atom stereocenters. The second-order valence-corrected chi connectivity index (χ2v) is 6.04. The van der Waals surface area contributed by atoms with Crippen LogP contribution in [0.5, 0.6) is 0 Å². The lowest BCUT2D eigenvalue weighted by atomic mass is 9.97. The number of carbonyl (C=O) groups excluding carboxylic acids is 1. The van der Waals surface area contributed by atoms with Gasteiger partial charge in [-0.25, -0.2) is 9.78 Å². The summed E-state index contributed by atoms with van der Waals surface area (Å²) >= 11 is 0. The van der Waals surface area contributed by atoms with Crippen molar-refractivity contribution in [1.29, 1.82) is 0 Å². The molecule has 3 rings (SSSR count). The molecule has 1 N–H and O–H groups in total. The van der Waals surface area contributed by atoms with Crippen LogP contribution in [0, 0.1) is 0 Å². The van der Waals surface area contributed by atoms with E-state index in [0.29, 0.717) is 17.9 Å². The summed E-state index contributed by atoms with van der Waals surface area (Å²) in [5.74, 6) is 0.234. The highest BCUT2D eigenvalue weighted by atomic mass is 16.6. The highest BCUT2D eigenvalue weighted by molar-refractivity contribution is 5.99. The zero-order chi connectivity index (χ0) is 15.2. The van der Waals surface area contributed by atoms with Crippen molar-refractivity contribution in [3.63, 3.8) is 0 Å². The SMILES string of the molecule is CO[C@H]1C[C@@H](CO)N(c2nccc3c2C(=O)OC3(C)C)C1. The lowest BCUT2D eigenvalue weighted by Crippen LogP contribution is -2.34. The Bertz CT molecular complexity index is 573. The minimum absolute atomic E-state index is 0.00362. The van der Waals surface area contributed by atoms with Crippen LogP contribution in [0.15, 0.2) is 12.3 Å². The predicted molar refractivity (Wildman–Crippen MR) is 76.3 cm³/mol. The third kappa shape index (κ3) is 2.18. The van der Waals surface area contributed by atoms with Crippen LogP contribution < -0.4 is 4.90 Å². The van der Waals surface area contributed by atoms with Crippen molar-refractivity contribution in [1.82, 2.24) is 4.98 Å². The third-order valence-electron chi connectivity index (χ3n) is 4.32. The maximum absolute atomic E-state index is 12.2. The maximum atomic E-state index is 12.2. The summed E-state index contributed by atoms with van der Waals surface area (Å²) in [6.07, 6.45) is 2.44. The van der Waals surface area contributed by atoms with E-state index in [1.54, 1.807) is 13.3 Å². The first-order valence-corrected chi connectivity index (χ1v) is 7.11. The molecule has 0 aromatic carbocycles. The van der Waals surface area contributed by atoms with Crippen LogP contribution in [0.1, 0.15) is 36.2 Å². The predicted octanol–water partition coefficient (Wildman–Crippen LogP) is 1.07. The van der Waals surface area contributed by atoms with Crippen LogP contribution in [0.4, 0.5) is 5.82 Å². The lowest BCUT2D eigenvalue weighted by molar-refractivity contribution is 0.00956. The Hall–Kier alpha value is -1.66. The van der Waals surface area contributed by atoms with Gasteiger partial charge in [-0.1, -0.05) is 0 Å². The van der Waals surface area contributed by atoms with E-state index in [2.05, 4.69) is 4.98 Å². The number of hydrogen-bond donors (Lipinski definition) is 1. The number of esters is 1. The van der Waals surface area contributed by atoms with Gasteiger partial charge in [0.15, 0.2) is 0 Å². The Balaban J connectivity index is 2.05. The smallest absolute Gasteiger partial charge is 0.343 e. The highest BCUT2D eigenvalue weighted by Gasteiger charge is 2.43. The first-order chi connectivity index (χ1) is 9.97. The summed E-state index contributed by atoms with van der Waals surface area (Å²) in [5.41, 5.74) is 0.715. The molecule has 1 aromatic rings. The average Bonchev–Trinajstić information content (AvgIpc) is 2.98. The Labute approximate surface area is 123 Å². The normalized spacial score (nSPS) is 26.9. The van der Waals surface area contributed by atoms with E-state index in [1.807, 2.05) is 24.8 Å². The van der Waals surface area contributed by atoms with Crippen molar-refractivity contribution in [2.75, 3.05) is 25.2 Å². The van der Waals surface area contributed by atoms with Gasteiger partial charge in [0.2, 0.25) is 0 Å². The summed E-state index contributed by atoms with van der Waals surface area (Å²) < 4.78 is 10.8. The number of nitrogens with zero attached hydrogens (tertiary/aromatic N) is 2. The van der Waals surface area contributed by atoms with Crippen molar-refractivity contribution < 1.29 is 19.4 Å². The molecule has 0 saturated carbocycles. The number of ether oxygens (including phenoxy) is 2. The van der Waals surface area contributed by atoms with Crippen LogP contribution in [-0.4, -0.2) is 48.5 Å². The van der Waals surface area contributed by atoms with Crippen LogP contribution in [0.2, 0.25) is 0 Å². The fourth-order valence-corrected chi connectivity index (χ4v) is 3.19. The van der Waals surface area contributed by atoms with Gasteiger partial charge in [0.1, 0.15) is 17.0 Å². The zero-order valence-corrected chi connectivity index (χ0v) is 12.5. The summed E-state index contributed by atoms with van der Waals surface area (Å²) in [6.45, 7) is 4.35. The monoisotopic (exact) mass is 292 g/mol. The Morgan fingerprint density at radius 1 is 1.57 bits per heavy atom. The molecule has 2 aliphatic heterocycles. The van der Waals surface area contributed by atoms with Gasteiger partial charge in [-0.3, -0.25) is 0 Å². The van der Waals surface area contributed by atoms with Crippen molar-refractivity contribution >= 4 is 11.8 Å². The summed E-state index contributed by atoms with van der Waals surface area (Å²) in [7, 11) is 1.66. The molecule has 0 aliphatic carbocycles. The lowest BCUT2D eigenvalue weighted by Gasteiger charge is -2.25. The average molecular weight is 292 g/mol. The molecule has 0 spiro atoms. The van der Waals surface area contributed by atoms with Gasteiger partial charge in [0.25, 0.3) is 0 Å². The first kappa shape index (κ1) is 14.3. The number of aromatic nitrogens is 1. The molecule has 6 heteroatoms. The molecule has 1 fully saturated rings. The van der Waals surface area contributed by atoms with Crippen molar-refractivity contribution in [2.45, 2.75) is 38.0 Å². The number of aliphatic hydroxyl groups is 1. The fraction of sp³-hybridized carbons (Fsp3) is 0.600. The van der Waals surface area contributed by atoms with E-state index in [-0.39, 0.29) is 24.7 Å². The Morgan fingerprint density at radius 3 is 3.00 bits per heavy atom. The minimum atomic E-state index is -0.640. The Kier molecular flexibility index (Phi) is 3.37. The van der Waals surface area contributed by atoms with E-state index in [1.165, 1.54) is 0 Å². The number of rotatable bonds is 3. The third-order valence-corrected chi connectivity index (χ3v) is 4.32. The van der Waals surface area contributed by atoms with Gasteiger partial charge in [-0.15, -0.1) is 0 Å². The van der Waals surface area contributed by atoms with E-state index in [4.69, 9.17) is 9.47 Å². The Morgan fingerprint density at radius 2 is 2.33 bits per heavy atom. The number of cyclic esters (lactones) is 1. The summed E-state index contributed by atoms with van der Waals surface area (Å²) in [6, 6.07) is 1.73. The van der Waals surface area contributed by atoms with E-state index < -0.39 is 5.60 Å².